The van der Waals surface area contributed by atoms with Crippen LogP contribution in [0.3, 0.4) is 0 Å². The molecule has 0 saturated heterocycles. The SMILES string of the molecule is COc1ccc([C@@H](CC(=O)[O-])NC(=O)c2ccco2)cc1OC. The lowest BCUT2D eigenvalue weighted by Gasteiger charge is -2.20. The zero-order valence-corrected chi connectivity index (χ0v) is 12.7. The van der Waals surface area contributed by atoms with E-state index in [1.165, 1.54) is 26.5 Å². The summed E-state index contributed by atoms with van der Waals surface area (Å²) >= 11 is 0. The van der Waals surface area contributed by atoms with Gasteiger partial charge in [0.25, 0.3) is 5.91 Å². The van der Waals surface area contributed by atoms with Gasteiger partial charge in [-0.1, -0.05) is 6.07 Å². The van der Waals surface area contributed by atoms with E-state index >= 15 is 0 Å². The summed E-state index contributed by atoms with van der Waals surface area (Å²) in [6.45, 7) is 0. The number of carboxylic acid groups (broad SMARTS) is 1. The molecule has 7 nitrogen and oxygen atoms in total. The van der Waals surface area contributed by atoms with Crippen LogP contribution in [0, 0.1) is 0 Å². The van der Waals surface area contributed by atoms with Gasteiger partial charge in [-0.2, -0.15) is 0 Å². The highest BCUT2D eigenvalue weighted by atomic mass is 16.5. The van der Waals surface area contributed by atoms with E-state index in [1.807, 2.05) is 0 Å². The Labute approximate surface area is 132 Å². The third-order valence-electron chi connectivity index (χ3n) is 3.23. The molecular weight excluding hydrogens is 302 g/mol. The number of carbonyl (C=O) groups is 2. The molecule has 2 rings (SSSR count). The molecule has 0 radical (unpaired) electrons. The molecule has 1 aromatic carbocycles. The smallest absolute Gasteiger partial charge is 0.287 e. The summed E-state index contributed by atoms with van der Waals surface area (Å²) in [5.41, 5.74) is 0.548. The van der Waals surface area contributed by atoms with Gasteiger partial charge in [0, 0.05) is 12.4 Å². The molecule has 0 aliphatic heterocycles. The van der Waals surface area contributed by atoms with Gasteiger partial charge < -0.3 is 29.1 Å². The van der Waals surface area contributed by atoms with Crippen LogP contribution in [0.2, 0.25) is 0 Å². The van der Waals surface area contributed by atoms with Gasteiger partial charge in [-0.25, -0.2) is 0 Å². The van der Waals surface area contributed by atoms with E-state index in [2.05, 4.69) is 5.32 Å². The largest absolute Gasteiger partial charge is 0.550 e. The Morgan fingerprint density at radius 2 is 1.96 bits per heavy atom. The van der Waals surface area contributed by atoms with Gasteiger partial charge >= 0.3 is 0 Å². The van der Waals surface area contributed by atoms with Crippen molar-refractivity contribution in [3.63, 3.8) is 0 Å². The van der Waals surface area contributed by atoms with E-state index in [4.69, 9.17) is 13.9 Å². The van der Waals surface area contributed by atoms with E-state index in [0.29, 0.717) is 17.1 Å². The Hall–Kier alpha value is -2.96. The molecule has 0 aliphatic rings. The van der Waals surface area contributed by atoms with E-state index in [-0.39, 0.29) is 12.2 Å². The average molecular weight is 318 g/mol. The highest BCUT2D eigenvalue weighted by molar-refractivity contribution is 5.91. The lowest BCUT2D eigenvalue weighted by molar-refractivity contribution is -0.306. The van der Waals surface area contributed by atoms with E-state index in [9.17, 15) is 14.7 Å². The Morgan fingerprint density at radius 1 is 1.22 bits per heavy atom. The molecule has 23 heavy (non-hydrogen) atoms. The second-order valence-corrected chi connectivity index (χ2v) is 4.69. The summed E-state index contributed by atoms with van der Waals surface area (Å²) in [6.07, 6.45) is 0.973. The number of aliphatic carboxylic acids is 1. The van der Waals surface area contributed by atoms with Crippen LogP contribution in [0.5, 0.6) is 11.5 Å². The number of hydrogen-bond acceptors (Lipinski definition) is 6. The molecule has 1 aromatic heterocycles. The number of ether oxygens (including phenoxy) is 2. The number of carboxylic acids is 1. The summed E-state index contributed by atoms with van der Waals surface area (Å²) in [5.74, 6) is -0.782. The minimum absolute atomic E-state index is 0.0915. The molecule has 2 aromatic rings. The van der Waals surface area contributed by atoms with E-state index in [1.54, 1.807) is 24.3 Å². The molecule has 0 bridgehead atoms. The zero-order chi connectivity index (χ0) is 16.8. The topological polar surface area (TPSA) is 101 Å². The quantitative estimate of drug-likeness (QED) is 0.814. The minimum atomic E-state index is -1.29. The predicted octanol–water partition coefficient (Wildman–Crippen LogP) is 0.908. The van der Waals surface area contributed by atoms with Gasteiger partial charge in [0.05, 0.1) is 26.5 Å². The first-order chi connectivity index (χ1) is 11.0. The fourth-order valence-corrected chi connectivity index (χ4v) is 2.13. The summed E-state index contributed by atoms with van der Waals surface area (Å²) < 4.78 is 15.3. The molecule has 7 heteroatoms. The van der Waals surface area contributed by atoms with Crippen LogP contribution >= 0.6 is 0 Å². The molecule has 0 saturated carbocycles. The lowest BCUT2D eigenvalue weighted by atomic mass is 10.0. The Bertz CT molecular complexity index is 680. The van der Waals surface area contributed by atoms with Crippen LogP contribution in [0.15, 0.2) is 41.0 Å². The van der Waals surface area contributed by atoms with Gasteiger partial charge in [-0.05, 0) is 29.8 Å². The molecule has 122 valence electrons. The van der Waals surface area contributed by atoms with Crippen LogP contribution in [0.1, 0.15) is 28.6 Å². The van der Waals surface area contributed by atoms with Gasteiger partial charge in [-0.3, -0.25) is 4.79 Å². The van der Waals surface area contributed by atoms with E-state index < -0.39 is 17.9 Å². The molecule has 1 N–H and O–H groups in total. The summed E-state index contributed by atoms with van der Waals surface area (Å²) in [4.78, 5) is 23.1. The Morgan fingerprint density at radius 3 is 2.52 bits per heavy atom. The Kier molecular flexibility index (Phi) is 5.24. The van der Waals surface area contributed by atoms with Gasteiger partial charge in [0.15, 0.2) is 17.3 Å². The fraction of sp³-hybridized carbons (Fsp3) is 0.250. The number of nitrogens with one attached hydrogen (secondary N) is 1. The van der Waals surface area contributed by atoms with Crippen molar-refractivity contribution < 1.29 is 28.6 Å². The molecule has 0 spiro atoms. The van der Waals surface area contributed by atoms with Crippen LogP contribution in [0.25, 0.3) is 0 Å². The standard InChI is InChI=1S/C16H17NO6/c1-21-12-6-5-10(8-14(12)22-2)11(9-15(18)19)17-16(20)13-4-3-7-23-13/h3-8,11H,9H2,1-2H3,(H,17,20)(H,18,19)/p-1/t11-/m1/s1. The number of hydrogen-bond donors (Lipinski definition) is 1. The van der Waals surface area contributed by atoms with Crippen LogP contribution < -0.4 is 19.9 Å². The number of furan rings is 1. The number of amides is 1. The molecule has 0 unspecified atom stereocenters. The van der Waals surface area contributed by atoms with Gasteiger partial charge in [0.2, 0.25) is 0 Å². The first kappa shape index (κ1) is 16.4. The number of rotatable bonds is 7. The Balaban J connectivity index is 2.27. The number of methoxy groups -OCH3 is 2. The zero-order valence-electron chi connectivity index (χ0n) is 12.7. The molecule has 1 atom stereocenters. The highest BCUT2D eigenvalue weighted by Crippen LogP contribution is 2.31. The third-order valence-corrected chi connectivity index (χ3v) is 3.23. The maximum atomic E-state index is 12.1. The van der Waals surface area contributed by atoms with Crippen LogP contribution in [-0.2, 0) is 4.79 Å². The molecule has 0 aliphatic carbocycles. The van der Waals surface area contributed by atoms with Gasteiger partial charge in [-0.15, -0.1) is 0 Å². The normalized spacial score (nSPS) is 11.6. The van der Waals surface area contributed by atoms with Gasteiger partial charge in [0.1, 0.15) is 0 Å². The summed E-state index contributed by atoms with van der Waals surface area (Å²) in [6, 6.07) is 7.15. The molecule has 0 fully saturated rings. The predicted molar refractivity (Wildman–Crippen MR) is 78.1 cm³/mol. The maximum Gasteiger partial charge on any atom is 0.287 e. The minimum Gasteiger partial charge on any atom is -0.550 e. The summed E-state index contributed by atoms with van der Waals surface area (Å²) in [5, 5.41) is 13.6. The van der Waals surface area contributed by atoms with Crippen LogP contribution in [-0.4, -0.2) is 26.1 Å². The third kappa shape index (κ3) is 4.03. The molecule has 1 amide bonds. The maximum absolute atomic E-state index is 12.1. The van der Waals surface area contributed by atoms with Crippen LogP contribution in [0.4, 0.5) is 0 Å². The monoisotopic (exact) mass is 318 g/mol. The number of carbonyl (C=O) groups excluding carboxylic acids is 2. The molecule has 1 heterocycles. The summed E-state index contributed by atoms with van der Waals surface area (Å²) in [7, 11) is 2.96. The van der Waals surface area contributed by atoms with Crippen molar-refractivity contribution in [3.8, 4) is 11.5 Å². The number of benzene rings is 1. The second kappa shape index (κ2) is 7.35. The van der Waals surface area contributed by atoms with E-state index in [0.717, 1.165) is 0 Å². The highest BCUT2D eigenvalue weighted by Gasteiger charge is 2.19. The lowest BCUT2D eigenvalue weighted by Crippen LogP contribution is -2.34. The average Bonchev–Trinajstić information content (AvgIpc) is 3.07. The second-order valence-electron chi connectivity index (χ2n) is 4.69. The molecular formula is C16H16NO6-. The fourth-order valence-electron chi connectivity index (χ4n) is 2.13. The van der Waals surface area contributed by atoms with Crippen molar-refractivity contribution in [2.75, 3.05) is 14.2 Å². The first-order valence-electron chi connectivity index (χ1n) is 6.81. The first-order valence-corrected chi connectivity index (χ1v) is 6.81. The van der Waals surface area contributed by atoms with Crippen molar-refractivity contribution in [3.05, 3.63) is 47.9 Å². The van der Waals surface area contributed by atoms with Crippen molar-refractivity contribution in [1.29, 1.82) is 0 Å². The van der Waals surface area contributed by atoms with Crippen molar-refractivity contribution >= 4 is 11.9 Å². The van der Waals surface area contributed by atoms with Crippen molar-refractivity contribution in [2.45, 2.75) is 12.5 Å². The van der Waals surface area contributed by atoms with Crippen molar-refractivity contribution in [1.82, 2.24) is 5.32 Å². The van der Waals surface area contributed by atoms with Crippen molar-refractivity contribution in [2.24, 2.45) is 0 Å².